The summed E-state index contributed by atoms with van der Waals surface area (Å²) in [7, 11) is 1.54. The van der Waals surface area contributed by atoms with Gasteiger partial charge in [0.2, 0.25) is 0 Å². The van der Waals surface area contributed by atoms with Crippen LogP contribution >= 0.6 is 0 Å². The van der Waals surface area contributed by atoms with Crippen molar-refractivity contribution >= 4 is 11.9 Å². The molecule has 0 radical (unpaired) electrons. The van der Waals surface area contributed by atoms with Gasteiger partial charge in [-0.25, -0.2) is 4.79 Å². The van der Waals surface area contributed by atoms with E-state index < -0.39 is 17.4 Å². The highest BCUT2D eigenvalue weighted by Crippen LogP contribution is 2.35. The molecule has 0 aromatic carbocycles. The molecular formula is C12H16O5. The lowest BCUT2D eigenvalue weighted by Gasteiger charge is -2.26. The fraction of sp³-hybridized carbons (Fsp3) is 0.500. The Hall–Kier alpha value is -1.62. The molecule has 5 heteroatoms. The van der Waals surface area contributed by atoms with Gasteiger partial charge < -0.3 is 14.9 Å². The Kier molecular flexibility index (Phi) is 4.07. The van der Waals surface area contributed by atoms with Crippen LogP contribution in [0.5, 0.6) is 0 Å². The Morgan fingerprint density at radius 1 is 1.47 bits per heavy atom. The maximum absolute atomic E-state index is 11.1. The second-order valence-electron chi connectivity index (χ2n) is 4.28. The first-order valence-electron chi connectivity index (χ1n) is 5.27. The lowest BCUT2D eigenvalue weighted by Crippen LogP contribution is -2.29. The van der Waals surface area contributed by atoms with E-state index in [1.807, 2.05) is 0 Å². The summed E-state index contributed by atoms with van der Waals surface area (Å²) in [5.74, 6) is -2.08. The SMILES string of the molecule is COCCC1=C(C(=O)O)CC(C)(C(=O)O)C=C1. The van der Waals surface area contributed by atoms with E-state index in [9.17, 15) is 9.59 Å². The maximum Gasteiger partial charge on any atom is 0.331 e. The lowest BCUT2D eigenvalue weighted by molar-refractivity contribution is -0.145. The second kappa shape index (κ2) is 5.14. The zero-order valence-electron chi connectivity index (χ0n) is 9.90. The molecule has 94 valence electrons. The van der Waals surface area contributed by atoms with Crippen molar-refractivity contribution in [2.75, 3.05) is 13.7 Å². The molecule has 0 aliphatic heterocycles. The average molecular weight is 240 g/mol. The molecule has 0 aromatic heterocycles. The van der Waals surface area contributed by atoms with E-state index in [1.165, 1.54) is 14.0 Å². The smallest absolute Gasteiger partial charge is 0.331 e. The lowest BCUT2D eigenvalue weighted by atomic mass is 9.77. The van der Waals surface area contributed by atoms with Crippen LogP contribution in [0.1, 0.15) is 19.8 Å². The number of carboxylic acids is 2. The molecule has 1 aliphatic carbocycles. The van der Waals surface area contributed by atoms with Crippen molar-refractivity contribution in [3.63, 3.8) is 0 Å². The topological polar surface area (TPSA) is 83.8 Å². The molecule has 0 saturated carbocycles. The minimum Gasteiger partial charge on any atom is -0.481 e. The molecule has 0 heterocycles. The minimum absolute atomic E-state index is 0.00716. The van der Waals surface area contributed by atoms with Crippen LogP contribution in [0, 0.1) is 5.41 Å². The summed E-state index contributed by atoms with van der Waals surface area (Å²) in [5.41, 5.74) is -0.336. The summed E-state index contributed by atoms with van der Waals surface area (Å²) in [5, 5.41) is 18.2. The molecule has 0 saturated heterocycles. The number of hydrogen-bond donors (Lipinski definition) is 2. The van der Waals surface area contributed by atoms with E-state index in [1.54, 1.807) is 12.2 Å². The molecular weight excluding hydrogens is 224 g/mol. The predicted octanol–water partition coefficient (Wildman–Crippen LogP) is 1.45. The Morgan fingerprint density at radius 3 is 2.59 bits per heavy atom. The van der Waals surface area contributed by atoms with Gasteiger partial charge in [0.05, 0.1) is 12.0 Å². The van der Waals surface area contributed by atoms with Gasteiger partial charge in [-0.05, 0) is 25.3 Å². The first kappa shape index (κ1) is 13.4. The van der Waals surface area contributed by atoms with Crippen molar-refractivity contribution in [3.05, 3.63) is 23.3 Å². The Labute approximate surface area is 99.4 Å². The van der Waals surface area contributed by atoms with Crippen LogP contribution < -0.4 is 0 Å². The number of rotatable bonds is 5. The van der Waals surface area contributed by atoms with Gasteiger partial charge >= 0.3 is 11.9 Å². The van der Waals surface area contributed by atoms with Crippen molar-refractivity contribution in [1.29, 1.82) is 0 Å². The summed E-state index contributed by atoms with van der Waals surface area (Å²) in [4.78, 5) is 22.2. The highest BCUT2D eigenvalue weighted by Gasteiger charge is 2.36. The van der Waals surface area contributed by atoms with Gasteiger partial charge in [-0.2, -0.15) is 0 Å². The van der Waals surface area contributed by atoms with Crippen LogP contribution in [0.2, 0.25) is 0 Å². The minimum atomic E-state index is -1.13. The van der Waals surface area contributed by atoms with E-state index in [4.69, 9.17) is 14.9 Å². The summed E-state index contributed by atoms with van der Waals surface area (Å²) >= 11 is 0. The number of carbonyl (C=O) groups is 2. The number of hydrogen-bond acceptors (Lipinski definition) is 3. The van der Waals surface area contributed by atoms with Crippen LogP contribution in [0.15, 0.2) is 23.3 Å². The van der Waals surface area contributed by atoms with E-state index in [-0.39, 0.29) is 12.0 Å². The standard InChI is InChI=1S/C12H16O5/c1-12(11(15)16)5-3-8(4-6-17-2)9(7-12)10(13)14/h3,5H,4,6-7H2,1-2H3,(H,13,14)(H,15,16). The van der Waals surface area contributed by atoms with Crippen molar-refractivity contribution < 1.29 is 24.5 Å². The summed E-state index contributed by atoms with van der Waals surface area (Å²) in [6.07, 6.45) is 3.62. The molecule has 0 aromatic rings. The molecule has 17 heavy (non-hydrogen) atoms. The van der Waals surface area contributed by atoms with Gasteiger partial charge in [-0.3, -0.25) is 4.79 Å². The molecule has 5 nitrogen and oxygen atoms in total. The van der Waals surface area contributed by atoms with Crippen molar-refractivity contribution in [2.24, 2.45) is 5.41 Å². The monoisotopic (exact) mass is 240 g/mol. The number of allylic oxidation sites excluding steroid dienone is 1. The van der Waals surface area contributed by atoms with Gasteiger partial charge in [0, 0.05) is 12.7 Å². The maximum atomic E-state index is 11.1. The Morgan fingerprint density at radius 2 is 2.12 bits per heavy atom. The largest absolute Gasteiger partial charge is 0.481 e. The molecule has 2 N–H and O–H groups in total. The fourth-order valence-corrected chi connectivity index (χ4v) is 1.73. The van der Waals surface area contributed by atoms with Crippen molar-refractivity contribution in [1.82, 2.24) is 0 Å². The van der Waals surface area contributed by atoms with Gasteiger partial charge in [0.15, 0.2) is 0 Å². The van der Waals surface area contributed by atoms with Gasteiger partial charge in [0.25, 0.3) is 0 Å². The number of methoxy groups -OCH3 is 1. The molecule has 0 spiro atoms. The molecule has 1 atom stereocenters. The molecule has 0 bridgehead atoms. The third-order valence-electron chi connectivity index (χ3n) is 2.91. The van der Waals surface area contributed by atoms with Crippen LogP contribution in [-0.2, 0) is 14.3 Å². The first-order valence-corrected chi connectivity index (χ1v) is 5.27. The number of carboxylic acid groups (broad SMARTS) is 2. The molecule has 0 fully saturated rings. The summed E-state index contributed by atoms with van der Waals surface area (Å²) in [6, 6.07) is 0. The second-order valence-corrected chi connectivity index (χ2v) is 4.28. The zero-order chi connectivity index (χ0) is 13.1. The normalized spacial score (nSPS) is 23.9. The Bertz CT molecular complexity index is 394. The number of aliphatic carboxylic acids is 2. The van der Waals surface area contributed by atoms with Crippen molar-refractivity contribution in [2.45, 2.75) is 19.8 Å². The van der Waals surface area contributed by atoms with Crippen LogP contribution in [0.4, 0.5) is 0 Å². The van der Waals surface area contributed by atoms with Crippen LogP contribution in [0.25, 0.3) is 0 Å². The van der Waals surface area contributed by atoms with Gasteiger partial charge in [-0.15, -0.1) is 0 Å². The molecule has 1 aliphatic rings. The molecule has 0 amide bonds. The third-order valence-corrected chi connectivity index (χ3v) is 2.91. The molecule has 1 rings (SSSR count). The van der Waals surface area contributed by atoms with Gasteiger partial charge in [0.1, 0.15) is 0 Å². The quantitative estimate of drug-likeness (QED) is 0.760. The van der Waals surface area contributed by atoms with E-state index >= 15 is 0 Å². The highest BCUT2D eigenvalue weighted by molar-refractivity contribution is 5.91. The zero-order valence-corrected chi connectivity index (χ0v) is 9.90. The van der Waals surface area contributed by atoms with Crippen LogP contribution in [0.3, 0.4) is 0 Å². The summed E-state index contributed by atoms with van der Waals surface area (Å²) in [6.45, 7) is 1.93. The van der Waals surface area contributed by atoms with E-state index in [2.05, 4.69) is 0 Å². The fourth-order valence-electron chi connectivity index (χ4n) is 1.73. The van der Waals surface area contributed by atoms with Gasteiger partial charge in [-0.1, -0.05) is 12.2 Å². The van der Waals surface area contributed by atoms with Crippen LogP contribution in [-0.4, -0.2) is 35.9 Å². The number of ether oxygens (including phenoxy) is 1. The average Bonchev–Trinajstić information content (AvgIpc) is 2.27. The van der Waals surface area contributed by atoms with E-state index in [0.717, 1.165) is 0 Å². The first-order chi connectivity index (χ1) is 7.90. The predicted molar refractivity (Wildman–Crippen MR) is 60.7 cm³/mol. The van der Waals surface area contributed by atoms with E-state index in [0.29, 0.717) is 18.6 Å². The Balaban J connectivity index is 2.99. The highest BCUT2D eigenvalue weighted by atomic mass is 16.5. The third kappa shape index (κ3) is 2.94. The molecule has 1 unspecified atom stereocenters. The summed E-state index contributed by atoms with van der Waals surface area (Å²) < 4.78 is 4.89. The van der Waals surface area contributed by atoms with Crippen molar-refractivity contribution in [3.8, 4) is 0 Å².